The Bertz CT molecular complexity index is 1090. The summed E-state index contributed by atoms with van der Waals surface area (Å²) in [6.45, 7) is 4.55. The first-order valence-corrected chi connectivity index (χ1v) is 9.17. The maximum absolute atomic E-state index is 5.48. The number of para-hydroxylation sites is 1. The lowest BCUT2D eigenvalue weighted by Crippen LogP contribution is -2.03. The van der Waals surface area contributed by atoms with Gasteiger partial charge < -0.3 is 15.4 Å². The molecule has 0 aliphatic carbocycles. The van der Waals surface area contributed by atoms with Crippen LogP contribution in [0, 0.1) is 6.92 Å². The second-order valence-electron chi connectivity index (χ2n) is 6.31. The van der Waals surface area contributed by atoms with Gasteiger partial charge in [0, 0.05) is 29.0 Å². The van der Waals surface area contributed by atoms with Crippen molar-refractivity contribution in [3.05, 3.63) is 72.6 Å². The van der Waals surface area contributed by atoms with Crippen LogP contribution in [0.2, 0.25) is 0 Å². The predicted octanol–water partition coefficient (Wildman–Crippen LogP) is 5.22. The van der Waals surface area contributed by atoms with Crippen LogP contribution in [0.3, 0.4) is 0 Å². The van der Waals surface area contributed by atoms with Crippen molar-refractivity contribution < 1.29 is 4.74 Å². The van der Waals surface area contributed by atoms with Crippen molar-refractivity contribution in [2.24, 2.45) is 0 Å². The van der Waals surface area contributed by atoms with Gasteiger partial charge in [-0.15, -0.1) is 0 Å². The van der Waals surface area contributed by atoms with Crippen LogP contribution < -0.4 is 15.4 Å². The van der Waals surface area contributed by atoms with E-state index in [9.17, 15) is 0 Å². The summed E-state index contributed by atoms with van der Waals surface area (Å²) in [4.78, 5) is 13.6. The molecule has 2 heterocycles. The van der Waals surface area contributed by atoms with Gasteiger partial charge in [-0.2, -0.15) is 4.98 Å². The molecule has 140 valence electrons. The van der Waals surface area contributed by atoms with Crippen LogP contribution in [0.5, 0.6) is 5.75 Å². The Kier molecular flexibility index (Phi) is 5.01. The van der Waals surface area contributed by atoms with Crippen molar-refractivity contribution in [1.29, 1.82) is 0 Å². The largest absolute Gasteiger partial charge is 0.494 e. The fourth-order valence-corrected chi connectivity index (χ4v) is 2.96. The average Bonchev–Trinajstić information content (AvgIpc) is 2.70. The van der Waals surface area contributed by atoms with E-state index in [0.717, 1.165) is 33.7 Å². The summed E-state index contributed by atoms with van der Waals surface area (Å²) >= 11 is 0. The number of hydrogen-bond acceptors (Lipinski definition) is 6. The Balaban J connectivity index is 1.58. The zero-order chi connectivity index (χ0) is 19.3. The summed E-state index contributed by atoms with van der Waals surface area (Å²) in [5.41, 5.74) is 3.57. The highest BCUT2D eigenvalue weighted by Crippen LogP contribution is 2.25. The molecule has 0 atom stereocenters. The van der Waals surface area contributed by atoms with Crippen molar-refractivity contribution in [1.82, 2.24) is 15.0 Å². The van der Waals surface area contributed by atoms with Crippen molar-refractivity contribution in [3.8, 4) is 5.75 Å². The Labute approximate surface area is 163 Å². The summed E-state index contributed by atoms with van der Waals surface area (Å²) in [5, 5.41) is 7.69. The standard InChI is InChI=1S/C22H21N5O/c1-3-28-18-11-9-17(10-12-18)25-22-24-15(2)14-20(27-22)26-19-8-4-6-16-7-5-13-23-21(16)19/h4-14H,3H2,1-2H3,(H2,24,25,26,27). The highest BCUT2D eigenvalue weighted by molar-refractivity contribution is 5.91. The molecule has 0 aliphatic rings. The van der Waals surface area contributed by atoms with Gasteiger partial charge in [-0.05, 0) is 50.2 Å². The Hall–Kier alpha value is -3.67. The van der Waals surface area contributed by atoms with Crippen molar-refractivity contribution in [2.75, 3.05) is 17.2 Å². The number of benzene rings is 2. The Morgan fingerprint density at radius 1 is 0.929 bits per heavy atom. The van der Waals surface area contributed by atoms with E-state index >= 15 is 0 Å². The van der Waals surface area contributed by atoms with E-state index in [1.165, 1.54) is 0 Å². The smallest absolute Gasteiger partial charge is 0.229 e. The van der Waals surface area contributed by atoms with Crippen molar-refractivity contribution in [3.63, 3.8) is 0 Å². The molecule has 2 aromatic carbocycles. The summed E-state index contributed by atoms with van der Waals surface area (Å²) < 4.78 is 5.48. The molecule has 0 saturated heterocycles. The molecule has 2 N–H and O–H groups in total. The highest BCUT2D eigenvalue weighted by atomic mass is 16.5. The minimum absolute atomic E-state index is 0.528. The molecule has 0 radical (unpaired) electrons. The molecule has 4 rings (SSSR count). The SMILES string of the molecule is CCOc1ccc(Nc2nc(C)cc(Nc3cccc4cccnc34)n2)cc1. The maximum Gasteiger partial charge on any atom is 0.229 e. The molecule has 0 fully saturated rings. The summed E-state index contributed by atoms with van der Waals surface area (Å²) in [6, 6.07) is 19.6. The van der Waals surface area contributed by atoms with E-state index in [0.29, 0.717) is 18.4 Å². The van der Waals surface area contributed by atoms with E-state index < -0.39 is 0 Å². The minimum atomic E-state index is 0.528. The second-order valence-corrected chi connectivity index (χ2v) is 6.31. The van der Waals surface area contributed by atoms with E-state index in [1.54, 1.807) is 6.20 Å². The zero-order valence-corrected chi connectivity index (χ0v) is 15.8. The lowest BCUT2D eigenvalue weighted by Gasteiger charge is -2.11. The van der Waals surface area contributed by atoms with E-state index in [4.69, 9.17) is 4.74 Å². The third-order valence-corrected chi connectivity index (χ3v) is 4.17. The third-order valence-electron chi connectivity index (χ3n) is 4.17. The summed E-state index contributed by atoms with van der Waals surface area (Å²) in [6.07, 6.45) is 1.79. The van der Waals surface area contributed by atoms with Gasteiger partial charge in [-0.3, -0.25) is 4.98 Å². The van der Waals surface area contributed by atoms with Gasteiger partial charge in [0.1, 0.15) is 11.6 Å². The molecule has 28 heavy (non-hydrogen) atoms. The Morgan fingerprint density at radius 2 is 1.75 bits per heavy atom. The predicted molar refractivity (Wildman–Crippen MR) is 113 cm³/mol. The average molecular weight is 371 g/mol. The Morgan fingerprint density at radius 3 is 2.57 bits per heavy atom. The molecular weight excluding hydrogens is 350 g/mol. The number of nitrogens with one attached hydrogen (secondary N) is 2. The molecular formula is C22H21N5O. The number of fused-ring (bicyclic) bond motifs is 1. The molecule has 0 aliphatic heterocycles. The van der Waals surface area contributed by atoms with Crippen LogP contribution in [0.1, 0.15) is 12.6 Å². The van der Waals surface area contributed by atoms with Gasteiger partial charge in [0.05, 0.1) is 17.8 Å². The molecule has 0 spiro atoms. The molecule has 6 nitrogen and oxygen atoms in total. The number of aromatic nitrogens is 3. The van der Waals surface area contributed by atoms with Crippen molar-refractivity contribution >= 4 is 34.0 Å². The molecule has 4 aromatic rings. The molecule has 0 bridgehead atoms. The number of nitrogens with zero attached hydrogens (tertiary/aromatic N) is 3. The number of hydrogen-bond donors (Lipinski definition) is 2. The number of anilines is 4. The van der Waals surface area contributed by atoms with Crippen LogP contribution >= 0.6 is 0 Å². The van der Waals surface area contributed by atoms with Gasteiger partial charge in [0.25, 0.3) is 0 Å². The normalized spacial score (nSPS) is 10.6. The number of ether oxygens (including phenoxy) is 1. The number of aryl methyl sites for hydroxylation is 1. The van der Waals surface area contributed by atoms with Crippen molar-refractivity contribution in [2.45, 2.75) is 13.8 Å². The van der Waals surface area contributed by atoms with Gasteiger partial charge in [0.2, 0.25) is 5.95 Å². The lowest BCUT2D eigenvalue weighted by molar-refractivity contribution is 0.340. The molecule has 0 unspecified atom stereocenters. The minimum Gasteiger partial charge on any atom is -0.494 e. The van der Waals surface area contributed by atoms with Crippen LogP contribution in [0.25, 0.3) is 10.9 Å². The fourth-order valence-electron chi connectivity index (χ4n) is 2.96. The van der Waals surface area contributed by atoms with Gasteiger partial charge in [0.15, 0.2) is 0 Å². The first-order valence-electron chi connectivity index (χ1n) is 9.17. The van der Waals surface area contributed by atoms with E-state index in [2.05, 4.69) is 25.6 Å². The molecule has 0 amide bonds. The van der Waals surface area contributed by atoms with Crippen LogP contribution in [-0.4, -0.2) is 21.6 Å². The van der Waals surface area contributed by atoms with E-state index in [-0.39, 0.29) is 0 Å². The zero-order valence-electron chi connectivity index (χ0n) is 15.8. The topological polar surface area (TPSA) is 72.0 Å². The molecule has 2 aromatic heterocycles. The molecule has 6 heteroatoms. The van der Waals surface area contributed by atoms with Gasteiger partial charge >= 0.3 is 0 Å². The van der Waals surface area contributed by atoms with Crippen LogP contribution in [0.4, 0.5) is 23.1 Å². The molecule has 0 saturated carbocycles. The number of rotatable bonds is 6. The quantitative estimate of drug-likeness (QED) is 0.484. The first-order chi connectivity index (χ1) is 13.7. The second kappa shape index (κ2) is 7.92. The highest BCUT2D eigenvalue weighted by Gasteiger charge is 2.07. The van der Waals surface area contributed by atoms with Crippen LogP contribution in [0.15, 0.2) is 66.9 Å². The first kappa shape index (κ1) is 17.7. The number of pyridine rings is 1. The van der Waals surface area contributed by atoms with E-state index in [1.807, 2.05) is 74.5 Å². The van der Waals surface area contributed by atoms with Gasteiger partial charge in [-0.1, -0.05) is 18.2 Å². The lowest BCUT2D eigenvalue weighted by atomic mass is 10.2. The monoisotopic (exact) mass is 371 g/mol. The fraction of sp³-hybridized carbons (Fsp3) is 0.136. The maximum atomic E-state index is 5.48. The third kappa shape index (κ3) is 4.01. The summed E-state index contributed by atoms with van der Waals surface area (Å²) in [5.74, 6) is 2.07. The summed E-state index contributed by atoms with van der Waals surface area (Å²) in [7, 11) is 0. The van der Waals surface area contributed by atoms with Gasteiger partial charge in [-0.25, -0.2) is 4.98 Å². The van der Waals surface area contributed by atoms with Crippen LogP contribution in [-0.2, 0) is 0 Å².